The molecule has 1 saturated carbocycles. The largest absolute Gasteiger partial charge is 0.497 e. The summed E-state index contributed by atoms with van der Waals surface area (Å²) >= 11 is 0. The second-order valence-corrected chi connectivity index (χ2v) is 11.2. The van der Waals surface area contributed by atoms with Crippen LogP contribution in [-0.4, -0.2) is 62.2 Å². The van der Waals surface area contributed by atoms with Gasteiger partial charge < -0.3 is 15.0 Å². The van der Waals surface area contributed by atoms with Crippen molar-refractivity contribution in [3.63, 3.8) is 0 Å². The number of nitrogens with one attached hydrogen (secondary N) is 1. The maximum atomic E-state index is 13.4. The van der Waals surface area contributed by atoms with Crippen molar-refractivity contribution in [3.05, 3.63) is 59.7 Å². The molecular formula is C26H35N3O5S. The van der Waals surface area contributed by atoms with Gasteiger partial charge in [0, 0.05) is 19.6 Å². The van der Waals surface area contributed by atoms with Crippen LogP contribution in [0.4, 0.5) is 0 Å². The van der Waals surface area contributed by atoms with Crippen LogP contribution in [0, 0.1) is 6.92 Å². The van der Waals surface area contributed by atoms with Gasteiger partial charge in [-0.25, -0.2) is 8.42 Å². The van der Waals surface area contributed by atoms with Crippen LogP contribution >= 0.6 is 0 Å². The van der Waals surface area contributed by atoms with Crippen molar-refractivity contribution in [3.8, 4) is 5.75 Å². The lowest BCUT2D eigenvalue weighted by atomic mass is 10.1. The summed E-state index contributed by atoms with van der Waals surface area (Å²) in [6.45, 7) is 3.34. The molecule has 0 saturated heterocycles. The molecule has 2 aromatic carbocycles. The van der Waals surface area contributed by atoms with Crippen molar-refractivity contribution in [2.45, 2.75) is 63.1 Å². The van der Waals surface area contributed by atoms with Gasteiger partial charge >= 0.3 is 0 Å². The van der Waals surface area contributed by atoms with Crippen LogP contribution in [0.3, 0.4) is 0 Å². The summed E-state index contributed by atoms with van der Waals surface area (Å²) in [6, 6.07) is 13.1. The number of hydrogen-bond donors (Lipinski definition) is 1. The fraction of sp³-hybridized carbons (Fsp3) is 0.462. The Balaban J connectivity index is 1.79. The molecular weight excluding hydrogens is 466 g/mol. The molecule has 1 atom stereocenters. The molecule has 0 bridgehead atoms. The van der Waals surface area contributed by atoms with Gasteiger partial charge in [0.25, 0.3) is 0 Å². The molecule has 3 rings (SSSR count). The first-order valence-electron chi connectivity index (χ1n) is 11.9. The zero-order valence-electron chi connectivity index (χ0n) is 20.9. The number of likely N-dealkylation sites (N-methyl/N-ethyl adjacent to an activating group) is 1. The Morgan fingerprint density at radius 2 is 1.66 bits per heavy atom. The SMILES string of the molecule is COc1ccc(CN(C(=O)CN(C)S(=O)(=O)c2ccc(C)cc2)C(C)C(=O)NC2CCCC2)cc1. The number of carbonyl (C=O) groups excluding carboxylic acids is 2. The number of nitrogens with zero attached hydrogens (tertiary/aromatic N) is 2. The molecule has 0 radical (unpaired) electrons. The summed E-state index contributed by atoms with van der Waals surface area (Å²) in [4.78, 5) is 28.0. The molecule has 0 heterocycles. The normalized spacial score (nSPS) is 15.1. The van der Waals surface area contributed by atoms with Crippen LogP contribution in [0.1, 0.15) is 43.7 Å². The first-order chi connectivity index (χ1) is 16.6. The second kappa shape index (κ2) is 11.7. The van der Waals surface area contributed by atoms with Crippen LogP contribution in [0.2, 0.25) is 0 Å². The number of aryl methyl sites for hydroxylation is 1. The molecule has 9 heteroatoms. The zero-order chi connectivity index (χ0) is 25.6. The number of methoxy groups -OCH3 is 1. The fourth-order valence-corrected chi connectivity index (χ4v) is 5.28. The van der Waals surface area contributed by atoms with Crippen molar-refractivity contribution in [2.24, 2.45) is 0 Å². The van der Waals surface area contributed by atoms with E-state index in [0.717, 1.165) is 41.1 Å². The smallest absolute Gasteiger partial charge is 0.243 e. The highest BCUT2D eigenvalue weighted by Crippen LogP contribution is 2.20. The van der Waals surface area contributed by atoms with Crippen molar-refractivity contribution >= 4 is 21.8 Å². The summed E-state index contributed by atoms with van der Waals surface area (Å²) in [5.74, 6) is -0.00143. The predicted octanol–water partition coefficient (Wildman–Crippen LogP) is 3.10. The summed E-state index contributed by atoms with van der Waals surface area (Å²) in [5, 5.41) is 3.05. The number of benzene rings is 2. The summed E-state index contributed by atoms with van der Waals surface area (Å²) in [6.07, 6.45) is 4.02. The van der Waals surface area contributed by atoms with Gasteiger partial charge in [-0.1, -0.05) is 42.7 Å². The number of carbonyl (C=O) groups is 2. The molecule has 1 fully saturated rings. The lowest BCUT2D eigenvalue weighted by molar-refractivity contribution is -0.140. The minimum Gasteiger partial charge on any atom is -0.497 e. The van der Waals surface area contributed by atoms with Crippen molar-refractivity contribution in [1.82, 2.24) is 14.5 Å². The van der Waals surface area contributed by atoms with Gasteiger partial charge in [-0.3, -0.25) is 9.59 Å². The molecule has 2 aromatic rings. The molecule has 1 unspecified atom stereocenters. The lowest BCUT2D eigenvalue weighted by Crippen LogP contribution is -2.52. The highest BCUT2D eigenvalue weighted by atomic mass is 32.2. The minimum atomic E-state index is -3.86. The molecule has 2 amide bonds. The molecule has 1 aliphatic carbocycles. The van der Waals surface area contributed by atoms with Crippen LogP contribution in [0.5, 0.6) is 5.75 Å². The Bertz CT molecular complexity index is 1110. The fourth-order valence-electron chi connectivity index (χ4n) is 4.16. The molecule has 35 heavy (non-hydrogen) atoms. The first-order valence-corrected chi connectivity index (χ1v) is 13.3. The quantitative estimate of drug-likeness (QED) is 0.540. The molecule has 190 valence electrons. The summed E-state index contributed by atoms with van der Waals surface area (Å²) in [7, 11) is -0.911. The Morgan fingerprint density at radius 3 is 2.23 bits per heavy atom. The maximum Gasteiger partial charge on any atom is 0.243 e. The Hall–Kier alpha value is -2.91. The second-order valence-electron chi connectivity index (χ2n) is 9.11. The number of ether oxygens (including phenoxy) is 1. The Morgan fingerprint density at radius 1 is 1.06 bits per heavy atom. The number of amides is 2. The van der Waals surface area contributed by atoms with Gasteiger partial charge in [-0.05, 0) is 56.5 Å². The van der Waals surface area contributed by atoms with Gasteiger partial charge in [-0.2, -0.15) is 4.31 Å². The van der Waals surface area contributed by atoms with Gasteiger partial charge in [0.1, 0.15) is 11.8 Å². The third kappa shape index (κ3) is 6.82. The van der Waals surface area contributed by atoms with E-state index in [0.29, 0.717) is 5.75 Å². The van der Waals surface area contributed by atoms with E-state index in [1.807, 2.05) is 19.1 Å². The highest BCUT2D eigenvalue weighted by Gasteiger charge is 2.31. The van der Waals surface area contributed by atoms with Gasteiger partial charge in [0.15, 0.2) is 0 Å². The van der Waals surface area contributed by atoms with Crippen molar-refractivity contribution in [2.75, 3.05) is 20.7 Å². The van der Waals surface area contributed by atoms with E-state index in [1.165, 1.54) is 24.1 Å². The average Bonchev–Trinajstić information content (AvgIpc) is 3.35. The number of hydrogen-bond acceptors (Lipinski definition) is 5. The topological polar surface area (TPSA) is 96.0 Å². The molecule has 1 aliphatic rings. The summed E-state index contributed by atoms with van der Waals surface area (Å²) < 4.78 is 32.3. The van der Waals surface area contributed by atoms with Crippen LogP contribution in [0.25, 0.3) is 0 Å². The van der Waals surface area contributed by atoms with E-state index < -0.39 is 22.0 Å². The maximum absolute atomic E-state index is 13.4. The third-order valence-electron chi connectivity index (χ3n) is 6.47. The standard InChI is InChI=1S/C26H35N3O5S/c1-19-9-15-24(16-10-19)35(32,33)28(3)18-25(30)29(17-21-11-13-23(34-4)14-12-21)20(2)26(31)27-22-7-5-6-8-22/h9-16,20,22H,5-8,17-18H2,1-4H3,(H,27,31). The van der Waals surface area contributed by atoms with E-state index in [4.69, 9.17) is 4.74 Å². The summed E-state index contributed by atoms with van der Waals surface area (Å²) in [5.41, 5.74) is 1.75. The predicted molar refractivity (Wildman–Crippen MR) is 134 cm³/mol. The van der Waals surface area contributed by atoms with Crippen molar-refractivity contribution in [1.29, 1.82) is 0 Å². The van der Waals surface area contributed by atoms with Crippen molar-refractivity contribution < 1.29 is 22.7 Å². The highest BCUT2D eigenvalue weighted by molar-refractivity contribution is 7.89. The molecule has 0 spiro atoms. The first kappa shape index (κ1) is 26.7. The van der Waals surface area contributed by atoms with Crippen LogP contribution in [-0.2, 0) is 26.2 Å². The monoisotopic (exact) mass is 501 g/mol. The van der Waals surface area contributed by atoms with E-state index in [-0.39, 0.29) is 29.9 Å². The molecule has 1 N–H and O–H groups in total. The Labute approximate surface area is 208 Å². The van der Waals surface area contributed by atoms with Gasteiger partial charge in [0.05, 0.1) is 18.6 Å². The van der Waals surface area contributed by atoms with Gasteiger partial charge in [0.2, 0.25) is 21.8 Å². The van der Waals surface area contributed by atoms with E-state index in [1.54, 1.807) is 38.3 Å². The van der Waals surface area contributed by atoms with Crippen LogP contribution < -0.4 is 10.1 Å². The number of rotatable bonds is 10. The minimum absolute atomic E-state index is 0.118. The molecule has 8 nitrogen and oxygen atoms in total. The zero-order valence-corrected chi connectivity index (χ0v) is 21.7. The van der Waals surface area contributed by atoms with E-state index >= 15 is 0 Å². The molecule has 0 aliphatic heterocycles. The molecule has 0 aromatic heterocycles. The third-order valence-corrected chi connectivity index (χ3v) is 8.29. The van der Waals surface area contributed by atoms with E-state index in [9.17, 15) is 18.0 Å². The average molecular weight is 502 g/mol. The van der Waals surface area contributed by atoms with Gasteiger partial charge in [-0.15, -0.1) is 0 Å². The van der Waals surface area contributed by atoms with E-state index in [2.05, 4.69) is 5.32 Å². The van der Waals surface area contributed by atoms with Crippen LogP contribution in [0.15, 0.2) is 53.4 Å². The Kier molecular flexibility index (Phi) is 8.91. The number of sulfonamides is 1. The lowest BCUT2D eigenvalue weighted by Gasteiger charge is -2.31.